The highest BCUT2D eigenvalue weighted by atomic mass is 16.3. The maximum absolute atomic E-state index is 9.95. The van der Waals surface area contributed by atoms with Gasteiger partial charge in [0.15, 0.2) is 0 Å². The van der Waals surface area contributed by atoms with Gasteiger partial charge in [0, 0.05) is 11.0 Å². The lowest BCUT2D eigenvalue weighted by atomic mass is 9.83. The van der Waals surface area contributed by atoms with Crippen LogP contribution in [0.2, 0.25) is 0 Å². The van der Waals surface area contributed by atoms with Crippen molar-refractivity contribution < 1.29 is 5.11 Å². The van der Waals surface area contributed by atoms with Crippen molar-refractivity contribution in [2.24, 2.45) is 5.41 Å². The fraction of sp³-hybridized carbons (Fsp3) is 0.333. The Labute approximate surface area is 97.8 Å². The highest BCUT2D eigenvalue weighted by molar-refractivity contribution is 5.34. The van der Waals surface area contributed by atoms with Gasteiger partial charge in [0.25, 0.3) is 0 Å². The molecule has 1 atom stereocenters. The molecule has 84 valence electrons. The first-order valence-electron chi connectivity index (χ1n) is 5.42. The lowest BCUT2D eigenvalue weighted by Crippen LogP contribution is -2.27. The summed E-state index contributed by atoms with van der Waals surface area (Å²) in [5.41, 5.74) is 0.680. The molecule has 1 unspecified atom stereocenters. The van der Waals surface area contributed by atoms with Crippen molar-refractivity contribution in [3.8, 4) is 11.8 Å². The summed E-state index contributed by atoms with van der Waals surface area (Å²) in [6.45, 7) is 7.66. The number of benzene rings is 1. The van der Waals surface area contributed by atoms with E-state index in [1.165, 1.54) is 0 Å². The third-order valence-corrected chi connectivity index (χ3v) is 2.54. The first-order valence-corrected chi connectivity index (χ1v) is 5.42. The number of allylic oxidation sites excluding steroid dienone is 1. The van der Waals surface area contributed by atoms with Gasteiger partial charge in [-0.2, -0.15) is 0 Å². The maximum atomic E-state index is 9.95. The van der Waals surface area contributed by atoms with Gasteiger partial charge < -0.3 is 5.11 Å². The zero-order valence-electron chi connectivity index (χ0n) is 9.90. The molecule has 1 nitrogen and oxygen atoms in total. The minimum Gasteiger partial charge on any atom is -0.380 e. The SMILES string of the molecule is C=CCC(C)(C)C(O)C#Cc1ccccc1. The van der Waals surface area contributed by atoms with Crippen molar-refractivity contribution in [3.05, 3.63) is 48.6 Å². The summed E-state index contributed by atoms with van der Waals surface area (Å²) in [5.74, 6) is 5.86. The summed E-state index contributed by atoms with van der Waals surface area (Å²) < 4.78 is 0. The molecule has 1 aromatic rings. The van der Waals surface area contributed by atoms with Crippen LogP contribution in [0.3, 0.4) is 0 Å². The molecule has 1 rings (SSSR count). The fourth-order valence-corrected chi connectivity index (χ4v) is 1.35. The second-order valence-corrected chi connectivity index (χ2v) is 4.52. The molecule has 0 aliphatic carbocycles. The summed E-state index contributed by atoms with van der Waals surface area (Å²) in [7, 11) is 0. The highest BCUT2D eigenvalue weighted by Gasteiger charge is 2.24. The Balaban J connectivity index is 2.75. The maximum Gasteiger partial charge on any atom is 0.120 e. The monoisotopic (exact) mass is 214 g/mol. The van der Waals surface area contributed by atoms with E-state index in [-0.39, 0.29) is 5.41 Å². The van der Waals surface area contributed by atoms with Crippen molar-refractivity contribution in [1.82, 2.24) is 0 Å². The summed E-state index contributed by atoms with van der Waals surface area (Å²) in [5, 5.41) is 9.95. The lowest BCUT2D eigenvalue weighted by molar-refractivity contribution is 0.101. The van der Waals surface area contributed by atoms with Crippen LogP contribution in [0, 0.1) is 17.3 Å². The minimum absolute atomic E-state index is 0.246. The molecule has 0 amide bonds. The normalized spacial score (nSPS) is 12.4. The van der Waals surface area contributed by atoms with E-state index >= 15 is 0 Å². The van der Waals surface area contributed by atoms with E-state index in [0.717, 1.165) is 12.0 Å². The highest BCUT2D eigenvalue weighted by Crippen LogP contribution is 2.25. The molecule has 0 radical (unpaired) electrons. The number of hydrogen-bond acceptors (Lipinski definition) is 1. The Hall–Kier alpha value is -1.52. The molecule has 0 saturated heterocycles. The van der Waals surface area contributed by atoms with E-state index in [1.807, 2.05) is 50.3 Å². The number of aliphatic hydroxyl groups is 1. The van der Waals surface area contributed by atoms with Gasteiger partial charge in [-0.15, -0.1) is 6.58 Å². The van der Waals surface area contributed by atoms with E-state index in [4.69, 9.17) is 0 Å². The van der Waals surface area contributed by atoms with Crippen molar-refractivity contribution in [2.75, 3.05) is 0 Å². The van der Waals surface area contributed by atoms with Crippen molar-refractivity contribution in [3.63, 3.8) is 0 Å². The third-order valence-electron chi connectivity index (χ3n) is 2.54. The van der Waals surface area contributed by atoms with Crippen LogP contribution in [0.15, 0.2) is 43.0 Å². The molecule has 0 aliphatic heterocycles. The molecular weight excluding hydrogens is 196 g/mol. The Morgan fingerprint density at radius 3 is 2.56 bits per heavy atom. The average Bonchev–Trinajstić information content (AvgIpc) is 2.27. The zero-order valence-corrected chi connectivity index (χ0v) is 9.90. The van der Waals surface area contributed by atoms with Crippen LogP contribution in [0.25, 0.3) is 0 Å². The topological polar surface area (TPSA) is 20.2 Å². The smallest absolute Gasteiger partial charge is 0.120 e. The molecule has 16 heavy (non-hydrogen) atoms. The van der Waals surface area contributed by atoms with Crippen LogP contribution in [0.5, 0.6) is 0 Å². The van der Waals surface area contributed by atoms with Gasteiger partial charge in [-0.05, 0) is 18.6 Å². The van der Waals surface area contributed by atoms with Gasteiger partial charge >= 0.3 is 0 Å². The number of rotatable bonds is 3. The van der Waals surface area contributed by atoms with E-state index in [1.54, 1.807) is 0 Å². The molecular formula is C15H18O. The van der Waals surface area contributed by atoms with Gasteiger partial charge in [0.05, 0.1) is 0 Å². The van der Waals surface area contributed by atoms with Gasteiger partial charge in [0.1, 0.15) is 6.10 Å². The van der Waals surface area contributed by atoms with Crippen LogP contribution in [0.4, 0.5) is 0 Å². The predicted molar refractivity (Wildman–Crippen MR) is 67.9 cm³/mol. The molecule has 0 fully saturated rings. The standard InChI is InChI=1S/C15H18O/c1-4-12-15(2,3)14(16)11-10-13-8-6-5-7-9-13/h4-9,14,16H,1,12H2,2-3H3. The second kappa shape index (κ2) is 5.53. The van der Waals surface area contributed by atoms with Crippen LogP contribution < -0.4 is 0 Å². The predicted octanol–water partition coefficient (Wildman–Crippen LogP) is 3.00. The molecule has 0 heterocycles. The largest absolute Gasteiger partial charge is 0.380 e. The Morgan fingerprint density at radius 2 is 2.00 bits per heavy atom. The number of hydrogen-bond donors (Lipinski definition) is 1. The molecule has 1 heteroatoms. The first-order chi connectivity index (χ1) is 7.56. The van der Waals surface area contributed by atoms with Crippen molar-refractivity contribution in [1.29, 1.82) is 0 Å². The average molecular weight is 214 g/mol. The van der Waals surface area contributed by atoms with Crippen LogP contribution in [-0.4, -0.2) is 11.2 Å². The molecule has 0 aliphatic rings. The molecule has 0 bridgehead atoms. The van der Waals surface area contributed by atoms with Crippen LogP contribution in [0.1, 0.15) is 25.8 Å². The van der Waals surface area contributed by atoms with E-state index in [0.29, 0.717) is 0 Å². The van der Waals surface area contributed by atoms with Crippen LogP contribution >= 0.6 is 0 Å². The van der Waals surface area contributed by atoms with Gasteiger partial charge in [-0.1, -0.05) is 50.0 Å². The summed E-state index contributed by atoms with van der Waals surface area (Å²) in [6, 6.07) is 9.68. The zero-order chi connectivity index (χ0) is 12.0. The van der Waals surface area contributed by atoms with Crippen LogP contribution in [-0.2, 0) is 0 Å². The first kappa shape index (κ1) is 12.5. The van der Waals surface area contributed by atoms with E-state index < -0.39 is 6.10 Å². The molecule has 1 aromatic carbocycles. The van der Waals surface area contributed by atoms with Crippen molar-refractivity contribution in [2.45, 2.75) is 26.4 Å². The Kier molecular flexibility index (Phi) is 4.34. The Morgan fingerprint density at radius 1 is 1.38 bits per heavy atom. The van der Waals surface area contributed by atoms with Gasteiger partial charge in [-0.3, -0.25) is 0 Å². The van der Waals surface area contributed by atoms with Crippen molar-refractivity contribution >= 4 is 0 Å². The summed E-state index contributed by atoms with van der Waals surface area (Å²) in [4.78, 5) is 0. The van der Waals surface area contributed by atoms with Gasteiger partial charge in [0.2, 0.25) is 0 Å². The van der Waals surface area contributed by atoms with E-state index in [2.05, 4.69) is 18.4 Å². The molecule has 0 aromatic heterocycles. The lowest BCUT2D eigenvalue weighted by Gasteiger charge is -2.25. The summed E-state index contributed by atoms with van der Waals surface area (Å²) in [6.07, 6.45) is 1.93. The molecule has 0 saturated carbocycles. The second-order valence-electron chi connectivity index (χ2n) is 4.52. The third kappa shape index (κ3) is 3.56. The summed E-state index contributed by atoms with van der Waals surface area (Å²) >= 11 is 0. The quantitative estimate of drug-likeness (QED) is 0.606. The number of aliphatic hydroxyl groups excluding tert-OH is 1. The molecule has 0 spiro atoms. The van der Waals surface area contributed by atoms with Gasteiger partial charge in [-0.25, -0.2) is 0 Å². The Bertz CT molecular complexity index is 392. The fourth-order valence-electron chi connectivity index (χ4n) is 1.35. The minimum atomic E-state index is -0.634. The molecule has 1 N–H and O–H groups in total. The van der Waals surface area contributed by atoms with E-state index in [9.17, 15) is 5.11 Å².